The first-order chi connectivity index (χ1) is 11.6. The third-order valence-electron chi connectivity index (χ3n) is 4.14. The first kappa shape index (κ1) is 20.8. The van der Waals surface area contributed by atoms with Gasteiger partial charge in [-0.1, -0.05) is 31.2 Å². The molecule has 1 aliphatic rings. The van der Waals surface area contributed by atoms with Gasteiger partial charge in [0.15, 0.2) is 0 Å². The van der Waals surface area contributed by atoms with Gasteiger partial charge in [0.1, 0.15) is 13.6 Å². The van der Waals surface area contributed by atoms with E-state index in [1.54, 1.807) is 0 Å². The summed E-state index contributed by atoms with van der Waals surface area (Å²) in [6.07, 6.45) is 8.15. The molecule has 1 saturated carbocycles. The summed E-state index contributed by atoms with van der Waals surface area (Å²) in [5.74, 6) is -1.17. The van der Waals surface area contributed by atoms with Gasteiger partial charge in [-0.25, -0.2) is 0 Å². The van der Waals surface area contributed by atoms with E-state index in [9.17, 15) is 9.90 Å². The summed E-state index contributed by atoms with van der Waals surface area (Å²) < 4.78 is 22.2. The van der Waals surface area contributed by atoms with E-state index in [1.807, 2.05) is 45.1 Å². The highest BCUT2D eigenvalue weighted by molar-refractivity contribution is 5.70. The maximum atomic E-state index is 11.4. The molecule has 0 amide bonds. The molecule has 1 N–H and O–H groups in total. The molecule has 1 aliphatic carbocycles. The minimum Gasteiger partial charge on any atom is -0.481 e. The van der Waals surface area contributed by atoms with E-state index >= 15 is 0 Å². The highest BCUT2D eigenvalue weighted by Gasteiger charge is 2.39. The van der Waals surface area contributed by atoms with Crippen LogP contribution in [-0.2, 0) is 23.7 Å². The van der Waals surface area contributed by atoms with E-state index in [4.69, 9.17) is 18.9 Å². The molecule has 4 unspecified atom stereocenters. The van der Waals surface area contributed by atoms with Crippen LogP contribution in [0.25, 0.3) is 0 Å². The number of carbonyl (C=O) groups is 1. The Labute approximate surface area is 144 Å². The second-order valence-electron chi connectivity index (χ2n) is 5.92. The summed E-state index contributed by atoms with van der Waals surface area (Å²) in [6, 6.07) is 0. The zero-order valence-corrected chi connectivity index (χ0v) is 14.8. The lowest BCUT2D eigenvalue weighted by Gasteiger charge is -2.37. The standard InChI is InChI=1S/C18H30O6/c1-4-6-8-21-12-23-16-10-14(3)15(18(19)20)11-17(16)24-13-22-9-7-5-2/h4-7,14-17H,8-13H2,1-3H3,(H,19,20). The number of carboxylic acids is 1. The van der Waals surface area contributed by atoms with Gasteiger partial charge in [-0.15, -0.1) is 0 Å². The number of carboxylic acid groups (broad SMARTS) is 1. The third kappa shape index (κ3) is 7.57. The van der Waals surface area contributed by atoms with Crippen LogP contribution >= 0.6 is 0 Å². The maximum absolute atomic E-state index is 11.4. The van der Waals surface area contributed by atoms with E-state index in [0.717, 1.165) is 0 Å². The molecule has 6 nitrogen and oxygen atoms in total. The van der Waals surface area contributed by atoms with E-state index in [0.29, 0.717) is 26.1 Å². The summed E-state index contributed by atoms with van der Waals surface area (Å²) in [5, 5.41) is 9.36. The van der Waals surface area contributed by atoms with Crippen molar-refractivity contribution in [3.8, 4) is 0 Å². The minimum atomic E-state index is -0.784. The van der Waals surface area contributed by atoms with Crippen molar-refractivity contribution in [3.63, 3.8) is 0 Å². The van der Waals surface area contributed by atoms with Crippen LogP contribution in [-0.4, -0.2) is 50.1 Å². The predicted molar refractivity (Wildman–Crippen MR) is 90.5 cm³/mol. The molecule has 0 aromatic rings. The highest BCUT2D eigenvalue weighted by Crippen LogP contribution is 2.33. The molecular weight excluding hydrogens is 312 g/mol. The average molecular weight is 342 g/mol. The fourth-order valence-electron chi connectivity index (χ4n) is 2.71. The molecule has 0 bridgehead atoms. The van der Waals surface area contributed by atoms with Crippen LogP contribution in [0.4, 0.5) is 0 Å². The summed E-state index contributed by atoms with van der Waals surface area (Å²) in [5.41, 5.74) is 0. The Morgan fingerprint density at radius 1 is 1.00 bits per heavy atom. The van der Waals surface area contributed by atoms with Gasteiger partial charge < -0.3 is 24.1 Å². The van der Waals surface area contributed by atoms with Crippen molar-refractivity contribution < 1.29 is 28.8 Å². The molecule has 0 spiro atoms. The minimum absolute atomic E-state index is 0.0341. The summed E-state index contributed by atoms with van der Waals surface area (Å²) in [6.45, 7) is 7.04. The van der Waals surface area contributed by atoms with Gasteiger partial charge in [0.25, 0.3) is 0 Å². The van der Waals surface area contributed by atoms with Crippen LogP contribution in [0.1, 0.15) is 33.6 Å². The van der Waals surface area contributed by atoms with Gasteiger partial charge in [0.05, 0.1) is 31.3 Å². The van der Waals surface area contributed by atoms with Crippen LogP contribution in [0.5, 0.6) is 0 Å². The number of aliphatic carboxylic acids is 1. The molecule has 6 heteroatoms. The maximum Gasteiger partial charge on any atom is 0.306 e. The molecule has 0 aromatic carbocycles. The van der Waals surface area contributed by atoms with Crippen LogP contribution in [0.3, 0.4) is 0 Å². The van der Waals surface area contributed by atoms with E-state index in [2.05, 4.69) is 0 Å². The van der Waals surface area contributed by atoms with Crippen molar-refractivity contribution >= 4 is 5.97 Å². The molecule has 0 radical (unpaired) electrons. The van der Waals surface area contributed by atoms with Crippen molar-refractivity contribution in [2.75, 3.05) is 26.8 Å². The fraction of sp³-hybridized carbons (Fsp3) is 0.722. The Morgan fingerprint density at radius 2 is 1.50 bits per heavy atom. The number of ether oxygens (including phenoxy) is 4. The van der Waals surface area contributed by atoms with E-state index in [1.165, 1.54) is 0 Å². The molecule has 138 valence electrons. The number of allylic oxidation sites excluding steroid dienone is 2. The molecule has 4 atom stereocenters. The fourth-order valence-corrected chi connectivity index (χ4v) is 2.71. The zero-order valence-electron chi connectivity index (χ0n) is 14.8. The van der Waals surface area contributed by atoms with Gasteiger partial charge >= 0.3 is 5.97 Å². The molecule has 1 rings (SSSR count). The number of hydrogen-bond donors (Lipinski definition) is 1. The number of hydrogen-bond acceptors (Lipinski definition) is 5. The summed E-state index contributed by atoms with van der Waals surface area (Å²) >= 11 is 0. The first-order valence-corrected chi connectivity index (χ1v) is 8.43. The summed E-state index contributed by atoms with van der Waals surface area (Å²) in [7, 11) is 0. The van der Waals surface area contributed by atoms with Crippen molar-refractivity contribution in [3.05, 3.63) is 24.3 Å². The molecule has 1 fully saturated rings. The average Bonchev–Trinajstić information content (AvgIpc) is 2.55. The molecule has 24 heavy (non-hydrogen) atoms. The van der Waals surface area contributed by atoms with Crippen LogP contribution in [0.15, 0.2) is 24.3 Å². The van der Waals surface area contributed by atoms with Gasteiger partial charge in [-0.05, 0) is 32.6 Å². The molecular formula is C18H30O6. The smallest absolute Gasteiger partial charge is 0.306 e. The Morgan fingerprint density at radius 3 is 1.96 bits per heavy atom. The van der Waals surface area contributed by atoms with Crippen molar-refractivity contribution in [2.45, 2.75) is 45.8 Å². The topological polar surface area (TPSA) is 74.2 Å². The van der Waals surface area contributed by atoms with E-state index < -0.39 is 11.9 Å². The lowest BCUT2D eigenvalue weighted by atomic mass is 9.77. The highest BCUT2D eigenvalue weighted by atomic mass is 16.7. The van der Waals surface area contributed by atoms with Gasteiger partial charge in [0.2, 0.25) is 0 Å². The SMILES string of the molecule is CC=CCOCOC1CC(C)C(C(=O)O)CC1OCOCC=CC. The third-order valence-corrected chi connectivity index (χ3v) is 4.14. The zero-order chi connectivity index (χ0) is 17.8. The summed E-state index contributed by atoms with van der Waals surface area (Å²) in [4.78, 5) is 11.4. The Balaban J connectivity index is 2.50. The van der Waals surface area contributed by atoms with Crippen LogP contribution < -0.4 is 0 Å². The Kier molecular flexibility index (Phi) is 10.6. The van der Waals surface area contributed by atoms with Crippen molar-refractivity contribution in [2.24, 2.45) is 11.8 Å². The molecule has 0 saturated heterocycles. The van der Waals surface area contributed by atoms with E-state index in [-0.39, 0.29) is 31.7 Å². The second-order valence-corrected chi connectivity index (χ2v) is 5.92. The van der Waals surface area contributed by atoms with Gasteiger partial charge in [0, 0.05) is 0 Å². The van der Waals surface area contributed by atoms with Crippen molar-refractivity contribution in [1.29, 1.82) is 0 Å². The predicted octanol–water partition coefficient (Wildman–Crippen LogP) is 2.99. The normalized spacial score (nSPS) is 28.0. The monoisotopic (exact) mass is 342 g/mol. The Bertz CT molecular complexity index is 406. The molecule has 0 aliphatic heterocycles. The van der Waals surface area contributed by atoms with Crippen molar-refractivity contribution in [1.82, 2.24) is 0 Å². The largest absolute Gasteiger partial charge is 0.481 e. The quantitative estimate of drug-likeness (QED) is 0.353. The first-order valence-electron chi connectivity index (χ1n) is 8.43. The molecule has 0 aromatic heterocycles. The lowest BCUT2D eigenvalue weighted by molar-refractivity contribution is -0.190. The van der Waals surface area contributed by atoms with Gasteiger partial charge in [-0.2, -0.15) is 0 Å². The van der Waals surface area contributed by atoms with Crippen LogP contribution in [0.2, 0.25) is 0 Å². The van der Waals surface area contributed by atoms with Gasteiger partial charge in [-0.3, -0.25) is 4.79 Å². The Hall–Kier alpha value is -1.21. The number of rotatable bonds is 11. The second kappa shape index (κ2) is 12.2. The molecule has 0 heterocycles. The van der Waals surface area contributed by atoms with Crippen LogP contribution in [0, 0.1) is 11.8 Å². The lowest BCUT2D eigenvalue weighted by Crippen LogP contribution is -2.44.